The highest BCUT2D eigenvalue weighted by Gasteiger charge is 2.01. The van der Waals surface area contributed by atoms with E-state index in [1.807, 2.05) is 36.4 Å². The van der Waals surface area contributed by atoms with E-state index in [9.17, 15) is 0 Å². The molecule has 6 heteroatoms. The predicted octanol–water partition coefficient (Wildman–Crippen LogP) is 2.93. The fraction of sp³-hybridized carbons (Fsp3) is 0.125. The Morgan fingerprint density at radius 3 is 2.68 bits per heavy atom. The lowest BCUT2D eigenvalue weighted by atomic mass is 10.2. The van der Waals surface area contributed by atoms with E-state index >= 15 is 0 Å². The number of aromatic nitrogens is 4. The van der Waals surface area contributed by atoms with Gasteiger partial charge in [0.25, 0.3) is 0 Å². The first-order valence-electron chi connectivity index (χ1n) is 6.96. The summed E-state index contributed by atoms with van der Waals surface area (Å²) in [5, 5.41) is 14.3. The van der Waals surface area contributed by atoms with Crippen molar-refractivity contribution >= 4 is 17.5 Å². The highest BCUT2D eigenvalue weighted by atomic mass is 15.3. The molecule has 110 valence electrons. The van der Waals surface area contributed by atoms with E-state index in [0.717, 1.165) is 11.3 Å². The van der Waals surface area contributed by atoms with Gasteiger partial charge in [-0.15, -0.1) is 5.10 Å². The van der Waals surface area contributed by atoms with E-state index in [2.05, 4.69) is 37.7 Å². The van der Waals surface area contributed by atoms with Crippen LogP contribution < -0.4 is 10.6 Å². The predicted molar refractivity (Wildman–Crippen MR) is 85.9 cm³/mol. The summed E-state index contributed by atoms with van der Waals surface area (Å²) in [6.07, 6.45) is 5.14. The van der Waals surface area contributed by atoms with Gasteiger partial charge in [-0.05, 0) is 30.7 Å². The van der Waals surface area contributed by atoms with Gasteiger partial charge < -0.3 is 10.6 Å². The number of nitrogens with zero attached hydrogens (tertiary/aromatic N) is 4. The van der Waals surface area contributed by atoms with Crippen molar-refractivity contribution in [2.75, 3.05) is 10.6 Å². The molecule has 22 heavy (non-hydrogen) atoms. The molecule has 0 saturated heterocycles. The molecule has 2 heterocycles. The van der Waals surface area contributed by atoms with Crippen LogP contribution in [0.4, 0.5) is 17.5 Å². The molecule has 0 bridgehead atoms. The lowest BCUT2D eigenvalue weighted by Gasteiger charge is -2.07. The van der Waals surface area contributed by atoms with Gasteiger partial charge in [0.2, 0.25) is 5.95 Å². The molecule has 0 radical (unpaired) electrons. The standard InChI is InChI=1S/C16H16N6/c1-12-4-6-14(7-5-12)20-15-11-19-22-16(21-15)18-10-13-3-2-8-17-9-13/h2-9,11H,10H2,1H3,(H2,18,20,21,22). The highest BCUT2D eigenvalue weighted by Crippen LogP contribution is 2.15. The van der Waals surface area contributed by atoms with Crippen LogP contribution in [0.3, 0.4) is 0 Å². The van der Waals surface area contributed by atoms with Crippen molar-refractivity contribution in [3.8, 4) is 0 Å². The van der Waals surface area contributed by atoms with Crippen molar-refractivity contribution in [2.45, 2.75) is 13.5 Å². The molecule has 0 saturated carbocycles. The lowest BCUT2D eigenvalue weighted by Crippen LogP contribution is -2.06. The number of anilines is 3. The zero-order valence-corrected chi connectivity index (χ0v) is 12.2. The van der Waals surface area contributed by atoms with Gasteiger partial charge in [0, 0.05) is 24.6 Å². The summed E-state index contributed by atoms with van der Waals surface area (Å²) < 4.78 is 0. The van der Waals surface area contributed by atoms with Crippen molar-refractivity contribution in [1.82, 2.24) is 20.2 Å². The first-order valence-corrected chi connectivity index (χ1v) is 6.96. The Morgan fingerprint density at radius 1 is 1.05 bits per heavy atom. The summed E-state index contributed by atoms with van der Waals surface area (Å²) in [7, 11) is 0. The summed E-state index contributed by atoms with van der Waals surface area (Å²) in [6, 6.07) is 12.0. The lowest BCUT2D eigenvalue weighted by molar-refractivity contribution is 0.946. The fourth-order valence-corrected chi connectivity index (χ4v) is 1.91. The van der Waals surface area contributed by atoms with Crippen LogP contribution in [0.15, 0.2) is 55.0 Å². The average molecular weight is 292 g/mol. The maximum Gasteiger partial charge on any atom is 0.244 e. The van der Waals surface area contributed by atoms with Gasteiger partial charge in [0.1, 0.15) is 0 Å². The number of aryl methyl sites for hydroxylation is 1. The zero-order chi connectivity index (χ0) is 15.2. The molecule has 3 rings (SSSR count). The summed E-state index contributed by atoms with van der Waals surface area (Å²) >= 11 is 0. The van der Waals surface area contributed by atoms with E-state index in [1.165, 1.54) is 5.56 Å². The van der Waals surface area contributed by atoms with Crippen LogP contribution in [0.25, 0.3) is 0 Å². The summed E-state index contributed by atoms with van der Waals surface area (Å²) in [4.78, 5) is 8.46. The second-order valence-corrected chi connectivity index (χ2v) is 4.87. The van der Waals surface area contributed by atoms with Gasteiger partial charge in [0.05, 0.1) is 6.20 Å². The molecule has 2 aromatic heterocycles. The Balaban J connectivity index is 1.66. The number of rotatable bonds is 5. The Bertz CT molecular complexity index is 727. The van der Waals surface area contributed by atoms with Crippen LogP contribution in [0.2, 0.25) is 0 Å². The van der Waals surface area contributed by atoms with Crippen LogP contribution >= 0.6 is 0 Å². The first-order chi connectivity index (χ1) is 10.8. The second kappa shape index (κ2) is 6.62. The van der Waals surface area contributed by atoms with E-state index in [1.54, 1.807) is 18.6 Å². The molecule has 0 atom stereocenters. The van der Waals surface area contributed by atoms with Crippen molar-refractivity contribution in [3.05, 3.63) is 66.1 Å². The largest absolute Gasteiger partial charge is 0.349 e. The van der Waals surface area contributed by atoms with Crippen molar-refractivity contribution in [3.63, 3.8) is 0 Å². The number of hydrogen-bond donors (Lipinski definition) is 2. The van der Waals surface area contributed by atoms with Crippen molar-refractivity contribution < 1.29 is 0 Å². The van der Waals surface area contributed by atoms with E-state index < -0.39 is 0 Å². The molecule has 1 aromatic carbocycles. The van der Waals surface area contributed by atoms with Crippen LogP contribution in [-0.2, 0) is 6.54 Å². The summed E-state index contributed by atoms with van der Waals surface area (Å²) in [6.45, 7) is 2.65. The van der Waals surface area contributed by atoms with E-state index in [4.69, 9.17) is 0 Å². The molecule has 2 N–H and O–H groups in total. The minimum Gasteiger partial charge on any atom is -0.349 e. The summed E-state index contributed by atoms with van der Waals surface area (Å²) in [5.41, 5.74) is 3.23. The number of hydrogen-bond acceptors (Lipinski definition) is 6. The van der Waals surface area contributed by atoms with Crippen molar-refractivity contribution in [1.29, 1.82) is 0 Å². The smallest absolute Gasteiger partial charge is 0.244 e. The number of pyridine rings is 1. The maximum atomic E-state index is 4.39. The molecular formula is C16H16N6. The Kier molecular flexibility index (Phi) is 4.20. The molecule has 0 aliphatic carbocycles. The molecule has 3 aromatic rings. The Morgan fingerprint density at radius 2 is 1.91 bits per heavy atom. The molecular weight excluding hydrogens is 276 g/mol. The van der Waals surface area contributed by atoms with Gasteiger partial charge in [-0.2, -0.15) is 10.1 Å². The minimum absolute atomic E-state index is 0.473. The van der Waals surface area contributed by atoms with E-state index in [-0.39, 0.29) is 0 Å². The minimum atomic E-state index is 0.473. The Labute approximate surface area is 128 Å². The van der Waals surface area contributed by atoms with Crippen LogP contribution in [0, 0.1) is 6.92 Å². The van der Waals surface area contributed by atoms with Gasteiger partial charge >= 0.3 is 0 Å². The molecule has 0 aliphatic heterocycles. The topological polar surface area (TPSA) is 75.6 Å². The average Bonchev–Trinajstić information content (AvgIpc) is 2.57. The quantitative estimate of drug-likeness (QED) is 0.753. The molecule has 0 fully saturated rings. The molecule has 0 spiro atoms. The monoisotopic (exact) mass is 292 g/mol. The number of nitrogens with one attached hydrogen (secondary N) is 2. The third-order valence-electron chi connectivity index (χ3n) is 3.06. The van der Waals surface area contributed by atoms with Crippen LogP contribution in [0.5, 0.6) is 0 Å². The summed E-state index contributed by atoms with van der Waals surface area (Å²) in [5.74, 6) is 1.12. The molecule has 0 amide bonds. The van der Waals surface area contributed by atoms with Crippen LogP contribution in [0.1, 0.15) is 11.1 Å². The molecule has 6 nitrogen and oxygen atoms in total. The SMILES string of the molecule is Cc1ccc(Nc2cnnc(NCc3cccnc3)n2)cc1. The van der Waals surface area contributed by atoms with Gasteiger partial charge in [-0.3, -0.25) is 4.98 Å². The Hall–Kier alpha value is -3.02. The normalized spacial score (nSPS) is 10.2. The number of benzene rings is 1. The van der Waals surface area contributed by atoms with E-state index in [0.29, 0.717) is 18.3 Å². The van der Waals surface area contributed by atoms with Gasteiger partial charge in [-0.1, -0.05) is 23.8 Å². The highest BCUT2D eigenvalue weighted by molar-refractivity contribution is 5.56. The van der Waals surface area contributed by atoms with Crippen molar-refractivity contribution in [2.24, 2.45) is 0 Å². The zero-order valence-electron chi connectivity index (χ0n) is 12.2. The second-order valence-electron chi connectivity index (χ2n) is 4.87. The third kappa shape index (κ3) is 3.76. The molecule has 0 unspecified atom stereocenters. The third-order valence-corrected chi connectivity index (χ3v) is 3.06. The molecule has 0 aliphatic rings. The first kappa shape index (κ1) is 13.9. The maximum absolute atomic E-state index is 4.39. The van der Waals surface area contributed by atoms with Crippen LogP contribution in [-0.4, -0.2) is 20.2 Å². The van der Waals surface area contributed by atoms with Gasteiger partial charge in [0.15, 0.2) is 5.82 Å². The fourth-order valence-electron chi connectivity index (χ4n) is 1.91. The van der Waals surface area contributed by atoms with Gasteiger partial charge in [-0.25, -0.2) is 0 Å².